The van der Waals surface area contributed by atoms with E-state index in [0.717, 1.165) is 11.5 Å². The van der Waals surface area contributed by atoms with Crippen molar-refractivity contribution in [1.29, 1.82) is 0 Å². The second kappa shape index (κ2) is 3.80. The van der Waals surface area contributed by atoms with Gasteiger partial charge in [0.1, 0.15) is 0 Å². The zero-order valence-corrected chi connectivity index (χ0v) is 10.7. The van der Waals surface area contributed by atoms with Crippen LogP contribution in [0.1, 0.15) is 0 Å². The van der Waals surface area contributed by atoms with E-state index in [4.69, 9.17) is 9.47 Å². The van der Waals surface area contributed by atoms with Crippen LogP contribution in [0.3, 0.4) is 0 Å². The molecule has 0 radical (unpaired) electrons. The summed E-state index contributed by atoms with van der Waals surface area (Å²) >= 11 is -0.217. The molecule has 0 atom stereocenters. The Kier molecular flexibility index (Phi) is 2.66. The van der Waals surface area contributed by atoms with Gasteiger partial charge in [-0.1, -0.05) is 0 Å². The first-order valence-electron chi connectivity index (χ1n) is 4.26. The Morgan fingerprint density at radius 1 is 1.14 bits per heavy atom. The third-order valence-electron chi connectivity index (χ3n) is 2.08. The zero-order chi connectivity index (χ0) is 10.1. The minimum absolute atomic E-state index is 0.217. The van der Waals surface area contributed by atoms with Crippen molar-refractivity contribution in [2.24, 2.45) is 7.05 Å². The van der Waals surface area contributed by atoms with Crippen LogP contribution < -0.4 is 12.3 Å². The fourth-order valence-electron chi connectivity index (χ4n) is 1.43. The number of aryl methyl sites for hydroxylation is 1. The molecule has 2 aromatic rings. The van der Waals surface area contributed by atoms with Gasteiger partial charge in [0.25, 0.3) is 0 Å². The van der Waals surface area contributed by atoms with E-state index >= 15 is 0 Å². The van der Waals surface area contributed by atoms with Gasteiger partial charge in [0, 0.05) is 0 Å². The number of benzene rings is 1. The molecule has 0 bridgehead atoms. The maximum absolute atomic E-state index is 5.26. The summed E-state index contributed by atoms with van der Waals surface area (Å²) in [5, 5.41) is 1.27. The van der Waals surface area contributed by atoms with Crippen molar-refractivity contribution in [3.05, 3.63) is 18.3 Å². The fraction of sp³-hybridized carbons (Fsp3) is 0.300. The van der Waals surface area contributed by atoms with Gasteiger partial charge in [0.05, 0.1) is 0 Å². The number of rotatable bonds is 2. The van der Waals surface area contributed by atoms with Crippen molar-refractivity contribution >= 4 is 29.5 Å². The van der Waals surface area contributed by atoms with Crippen LogP contribution in [-0.2, 0) is 7.05 Å². The molecule has 74 valence electrons. The first kappa shape index (κ1) is 9.82. The molecule has 1 aromatic heterocycles. The molecular weight excluding hydrogens is 294 g/mol. The molecule has 1 aromatic carbocycles. The summed E-state index contributed by atoms with van der Waals surface area (Å²) in [7, 11) is 5.45. The zero-order valence-electron chi connectivity index (χ0n) is 8.40. The predicted molar refractivity (Wildman–Crippen MR) is 55.2 cm³/mol. The van der Waals surface area contributed by atoms with Gasteiger partial charge in [-0.05, 0) is 0 Å². The molecule has 2 rings (SSSR count). The first-order chi connectivity index (χ1) is 6.74. The first-order valence-corrected chi connectivity index (χ1v) is 6.47. The summed E-state index contributed by atoms with van der Waals surface area (Å²) in [6, 6.07) is 4.14. The van der Waals surface area contributed by atoms with E-state index in [1.807, 2.05) is 6.07 Å². The van der Waals surface area contributed by atoms with E-state index in [2.05, 4.69) is 22.1 Å². The molecule has 14 heavy (non-hydrogen) atoms. The summed E-state index contributed by atoms with van der Waals surface area (Å²) < 4.78 is 14.2. The number of ether oxygens (including phenoxy) is 2. The van der Waals surface area contributed by atoms with Crippen LogP contribution in [-0.4, -0.2) is 34.9 Å². The second-order valence-corrected chi connectivity index (χ2v) is 6.43. The van der Waals surface area contributed by atoms with Gasteiger partial charge >= 0.3 is 92.9 Å². The number of hydrogen-bond acceptors (Lipinski definition) is 2. The molecule has 1 heterocycles. The Hall–Kier alpha value is -0.720. The van der Waals surface area contributed by atoms with Crippen LogP contribution in [0.25, 0.3) is 8.79 Å². The predicted octanol–water partition coefficient (Wildman–Crippen LogP) is 0.738. The molecule has 0 aliphatic carbocycles. The molecule has 0 spiro atoms. The quantitative estimate of drug-likeness (QED) is 0.764. The summed E-state index contributed by atoms with van der Waals surface area (Å²) in [6.07, 6.45) is 2.17. The molecule has 0 aliphatic heterocycles. The number of hydrogen-bond donors (Lipinski definition) is 0. The number of aromatic nitrogens is 1. The Morgan fingerprint density at radius 2 is 1.79 bits per heavy atom. The average Bonchev–Trinajstić information content (AvgIpc) is 2.54. The van der Waals surface area contributed by atoms with Crippen molar-refractivity contribution < 1.29 is 12.3 Å². The summed E-state index contributed by atoms with van der Waals surface area (Å²) in [4.78, 5) is 0. The molecule has 3 nitrogen and oxygen atoms in total. The average molecular weight is 306 g/mol. The standard InChI is InChI=1S/C10H12NO2Te/c1-11-6-7-4-8(12-2)9(13-3)5-10(7)14-11/h4-6H,1-3H3/q+1. The van der Waals surface area contributed by atoms with E-state index in [0.29, 0.717) is 0 Å². The molecular formula is C10H12NO2Te+. The van der Waals surface area contributed by atoms with E-state index in [1.54, 1.807) is 14.2 Å². The number of fused-ring (bicyclic) bond motifs is 1. The topological polar surface area (TPSA) is 22.3 Å². The van der Waals surface area contributed by atoms with Crippen molar-refractivity contribution in [1.82, 2.24) is 0 Å². The van der Waals surface area contributed by atoms with Gasteiger partial charge in [-0.25, -0.2) is 0 Å². The summed E-state index contributed by atoms with van der Waals surface area (Å²) in [5.74, 6) is 1.64. The van der Waals surface area contributed by atoms with Crippen LogP contribution in [0, 0.1) is 0 Å². The maximum atomic E-state index is 5.26. The van der Waals surface area contributed by atoms with Gasteiger partial charge in [-0.3, -0.25) is 0 Å². The van der Waals surface area contributed by atoms with Crippen LogP contribution in [0.4, 0.5) is 0 Å². The second-order valence-electron chi connectivity index (χ2n) is 3.01. The molecule has 0 fully saturated rings. The van der Waals surface area contributed by atoms with Crippen LogP contribution >= 0.6 is 0 Å². The molecule has 0 amide bonds. The monoisotopic (exact) mass is 308 g/mol. The van der Waals surface area contributed by atoms with Gasteiger partial charge < -0.3 is 0 Å². The molecule has 0 saturated carbocycles. The van der Waals surface area contributed by atoms with Crippen LogP contribution in [0.2, 0.25) is 0 Å². The van der Waals surface area contributed by atoms with Crippen LogP contribution in [0.5, 0.6) is 11.5 Å². The number of nitrogens with zero attached hydrogens (tertiary/aromatic N) is 1. The molecule has 0 unspecified atom stereocenters. The molecule has 0 aliphatic rings. The van der Waals surface area contributed by atoms with Crippen LogP contribution in [0.15, 0.2) is 18.3 Å². The third-order valence-corrected chi connectivity index (χ3v) is 4.77. The molecule has 0 N–H and O–H groups in total. The molecule has 0 saturated heterocycles. The van der Waals surface area contributed by atoms with Crippen molar-refractivity contribution in [2.45, 2.75) is 0 Å². The van der Waals surface area contributed by atoms with Gasteiger partial charge in [-0.2, -0.15) is 0 Å². The Morgan fingerprint density at radius 3 is 2.43 bits per heavy atom. The summed E-state index contributed by atoms with van der Waals surface area (Å²) in [5.41, 5.74) is 0. The van der Waals surface area contributed by atoms with Crippen molar-refractivity contribution in [3.63, 3.8) is 0 Å². The van der Waals surface area contributed by atoms with Gasteiger partial charge in [0.15, 0.2) is 0 Å². The van der Waals surface area contributed by atoms with Gasteiger partial charge in [0.2, 0.25) is 0 Å². The Labute approximate surface area is 92.9 Å². The van der Waals surface area contributed by atoms with E-state index in [1.165, 1.54) is 8.79 Å². The van der Waals surface area contributed by atoms with E-state index in [9.17, 15) is 0 Å². The van der Waals surface area contributed by atoms with E-state index < -0.39 is 0 Å². The minimum atomic E-state index is -0.217. The third kappa shape index (κ3) is 1.60. The van der Waals surface area contributed by atoms with Crippen molar-refractivity contribution in [3.8, 4) is 11.5 Å². The van der Waals surface area contributed by atoms with Gasteiger partial charge in [-0.15, -0.1) is 0 Å². The Balaban J connectivity index is 2.68. The Bertz CT molecular complexity index is 423. The summed E-state index contributed by atoms with van der Waals surface area (Å²) in [6.45, 7) is 0. The normalized spacial score (nSPS) is 10.5. The molecule has 4 heteroatoms. The number of methoxy groups -OCH3 is 2. The fourth-order valence-corrected chi connectivity index (χ4v) is 3.87. The van der Waals surface area contributed by atoms with Crippen molar-refractivity contribution in [2.75, 3.05) is 14.2 Å². The van der Waals surface area contributed by atoms with E-state index in [-0.39, 0.29) is 20.7 Å². The SMILES string of the molecule is COc1cc2c[n+](C)[te]c2cc1OC.